The molecule has 0 aliphatic carbocycles. The van der Waals surface area contributed by atoms with E-state index in [1.165, 1.54) is 10.9 Å². The lowest BCUT2D eigenvalue weighted by molar-refractivity contribution is 0.256. The van der Waals surface area contributed by atoms with Gasteiger partial charge in [0.1, 0.15) is 4.75 Å². The normalized spacial score (nSPS) is 16.8. The van der Waals surface area contributed by atoms with E-state index in [2.05, 4.69) is 93.9 Å². The van der Waals surface area contributed by atoms with E-state index in [1.807, 2.05) is 43.8 Å². The molecule has 4 heterocycles. The van der Waals surface area contributed by atoms with Crippen molar-refractivity contribution in [2.24, 2.45) is 0 Å². The van der Waals surface area contributed by atoms with Crippen molar-refractivity contribution in [3.05, 3.63) is 71.7 Å². The van der Waals surface area contributed by atoms with Crippen molar-refractivity contribution in [1.82, 2.24) is 29.4 Å². The van der Waals surface area contributed by atoms with Gasteiger partial charge in [0.2, 0.25) is 0 Å². The molecule has 0 saturated carbocycles. The number of piperidine rings is 1. The van der Waals surface area contributed by atoms with Crippen molar-refractivity contribution in [3.8, 4) is 17.1 Å². The first-order valence-corrected chi connectivity index (χ1v) is 21.6. The van der Waals surface area contributed by atoms with Gasteiger partial charge in [-0.05, 0) is 126 Å². The van der Waals surface area contributed by atoms with Crippen molar-refractivity contribution in [1.29, 1.82) is 0 Å². The largest absolute Gasteiger partial charge is 0.598 e. The SMILES string of the molecule is CCC[C@H](N[S@+]([O-])C(C)(C)C)c1cccc(-c2cc(C3CCN(C)CC3)c3cnn(-c4cccc(CO[Si](C)(C)C(C)(C)C)n4)c3c2)n1. The molecule has 48 heavy (non-hydrogen) atoms. The van der Waals surface area contributed by atoms with Gasteiger partial charge in [0, 0.05) is 22.3 Å². The Morgan fingerprint density at radius 3 is 2.40 bits per heavy atom. The Kier molecular flexibility index (Phi) is 11.2. The third-order valence-electron chi connectivity index (χ3n) is 10.1. The molecule has 1 saturated heterocycles. The van der Waals surface area contributed by atoms with Gasteiger partial charge in [0.05, 0.1) is 41.4 Å². The Balaban J connectivity index is 1.56. The molecule has 4 aromatic rings. The molecule has 1 aromatic carbocycles. The fourth-order valence-corrected chi connectivity index (χ4v) is 7.74. The first-order chi connectivity index (χ1) is 22.6. The van der Waals surface area contributed by atoms with E-state index < -0.39 is 19.7 Å². The van der Waals surface area contributed by atoms with Crippen LogP contribution >= 0.6 is 0 Å². The molecule has 1 aliphatic heterocycles. The molecule has 8 nitrogen and oxygen atoms in total. The molecule has 1 N–H and O–H groups in total. The Bertz CT molecular complexity index is 1690. The minimum absolute atomic E-state index is 0.0990. The van der Waals surface area contributed by atoms with Gasteiger partial charge < -0.3 is 13.9 Å². The third-order valence-corrected chi connectivity index (χ3v) is 16.2. The van der Waals surface area contributed by atoms with Crippen molar-refractivity contribution < 1.29 is 8.98 Å². The molecule has 0 bridgehead atoms. The lowest BCUT2D eigenvalue weighted by atomic mass is 9.86. The zero-order valence-electron chi connectivity index (χ0n) is 30.8. The molecular formula is C38H56N6O2SSi. The highest BCUT2D eigenvalue weighted by molar-refractivity contribution is 7.90. The molecule has 0 amide bonds. The molecule has 3 aromatic heterocycles. The first-order valence-electron chi connectivity index (χ1n) is 17.5. The number of nitrogens with zero attached hydrogens (tertiary/aromatic N) is 5. The van der Waals surface area contributed by atoms with Crippen LogP contribution in [-0.4, -0.2) is 62.4 Å². The summed E-state index contributed by atoms with van der Waals surface area (Å²) in [7, 11) is 0.282. The average Bonchev–Trinajstić information content (AvgIpc) is 3.47. The summed E-state index contributed by atoms with van der Waals surface area (Å²) in [5, 5.41) is 6.23. The molecule has 0 radical (unpaired) electrons. The second kappa shape index (κ2) is 14.7. The second-order valence-corrected chi connectivity index (χ2v) is 22.8. The van der Waals surface area contributed by atoms with Gasteiger partial charge >= 0.3 is 0 Å². The predicted molar refractivity (Wildman–Crippen MR) is 202 cm³/mol. The topological polar surface area (TPSA) is 91.2 Å². The van der Waals surface area contributed by atoms with Gasteiger partial charge in [-0.3, -0.25) is 4.98 Å². The molecule has 0 spiro atoms. The highest BCUT2D eigenvalue weighted by Crippen LogP contribution is 2.38. The van der Waals surface area contributed by atoms with Crippen LogP contribution < -0.4 is 4.72 Å². The number of nitrogens with one attached hydrogen (secondary N) is 1. The van der Waals surface area contributed by atoms with Crippen LogP contribution in [0.25, 0.3) is 28.0 Å². The van der Waals surface area contributed by atoms with Crippen LogP contribution in [0.15, 0.2) is 54.7 Å². The van der Waals surface area contributed by atoms with Gasteiger partial charge in [0.25, 0.3) is 0 Å². The Hall–Kier alpha value is -2.60. The number of hydrogen-bond donors (Lipinski definition) is 1. The maximum atomic E-state index is 13.1. The van der Waals surface area contributed by atoms with Crippen LogP contribution in [0.4, 0.5) is 0 Å². The van der Waals surface area contributed by atoms with Gasteiger partial charge in [-0.15, -0.1) is 4.72 Å². The zero-order chi connectivity index (χ0) is 34.9. The standard InChI is InChI=1S/C38H56N6O2SSi/c1-11-14-34(42-47(45)37(2,3)4)33-17-13-16-32(41-33)28-23-30(27-19-21-43(8)22-20-27)31-25-39-44(35(31)24-28)36-18-12-15-29(40-36)26-46-48(9,10)38(5,6)7/h12-13,15-18,23-25,27,34,42H,11,14,19-22,26H2,1-10H3/t34-,47+/m0/s1. The van der Waals surface area contributed by atoms with E-state index in [0.717, 1.165) is 72.8 Å². The number of rotatable bonds is 11. The smallest absolute Gasteiger partial charge is 0.192 e. The molecule has 2 atom stereocenters. The van der Waals surface area contributed by atoms with Gasteiger partial charge in [-0.1, -0.05) is 46.2 Å². The molecule has 0 unspecified atom stereocenters. The highest BCUT2D eigenvalue weighted by Gasteiger charge is 2.37. The number of aromatic nitrogens is 4. The summed E-state index contributed by atoms with van der Waals surface area (Å²) in [5.41, 5.74) is 6.14. The Morgan fingerprint density at radius 2 is 1.73 bits per heavy atom. The lowest BCUT2D eigenvalue weighted by Crippen LogP contribution is -2.41. The van der Waals surface area contributed by atoms with Crippen molar-refractivity contribution in [2.45, 2.75) is 116 Å². The minimum Gasteiger partial charge on any atom is -0.598 e. The molecule has 10 heteroatoms. The van der Waals surface area contributed by atoms with Crippen LogP contribution in [0.1, 0.15) is 103 Å². The van der Waals surface area contributed by atoms with Crippen molar-refractivity contribution >= 4 is 30.6 Å². The first kappa shape index (κ1) is 36.7. The van der Waals surface area contributed by atoms with Gasteiger partial charge in [0.15, 0.2) is 14.1 Å². The summed E-state index contributed by atoms with van der Waals surface area (Å²) in [6.45, 7) is 22.1. The number of hydrogen-bond acceptors (Lipinski definition) is 7. The summed E-state index contributed by atoms with van der Waals surface area (Å²) in [6.07, 6.45) is 6.04. The van der Waals surface area contributed by atoms with E-state index in [0.29, 0.717) is 12.5 Å². The fraction of sp³-hybridized carbons (Fsp3) is 0.553. The maximum Gasteiger partial charge on any atom is 0.192 e. The Morgan fingerprint density at radius 1 is 1.02 bits per heavy atom. The molecule has 1 aliphatic rings. The van der Waals surface area contributed by atoms with Gasteiger partial charge in [-0.25, -0.2) is 9.67 Å². The number of pyridine rings is 2. The summed E-state index contributed by atoms with van der Waals surface area (Å²) in [6, 6.07) is 16.8. The summed E-state index contributed by atoms with van der Waals surface area (Å²) >= 11 is -1.20. The second-order valence-electron chi connectivity index (χ2n) is 16.0. The van der Waals surface area contributed by atoms with Gasteiger partial charge in [-0.2, -0.15) is 5.10 Å². The molecule has 260 valence electrons. The van der Waals surface area contributed by atoms with Crippen LogP contribution in [-0.2, 0) is 22.4 Å². The Labute approximate surface area is 292 Å². The van der Waals surface area contributed by atoms with Crippen LogP contribution in [0.5, 0.6) is 0 Å². The van der Waals surface area contributed by atoms with E-state index in [1.54, 1.807) is 0 Å². The third kappa shape index (κ3) is 8.39. The summed E-state index contributed by atoms with van der Waals surface area (Å²) in [4.78, 5) is 12.7. The quantitative estimate of drug-likeness (QED) is 0.125. The monoisotopic (exact) mass is 688 g/mol. The zero-order valence-corrected chi connectivity index (χ0v) is 32.6. The van der Waals surface area contributed by atoms with Crippen molar-refractivity contribution in [2.75, 3.05) is 20.1 Å². The molecular weight excluding hydrogens is 633 g/mol. The predicted octanol–water partition coefficient (Wildman–Crippen LogP) is 8.71. The van der Waals surface area contributed by atoms with Crippen molar-refractivity contribution in [3.63, 3.8) is 0 Å². The van der Waals surface area contributed by atoms with E-state index in [9.17, 15) is 4.55 Å². The summed E-state index contributed by atoms with van der Waals surface area (Å²) < 4.78 is 24.6. The van der Waals surface area contributed by atoms with E-state index in [-0.39, 0.29) is 15.8 Å². The van der Waals surface area contributed by atoms with E-state index in [4.69, 9.17) is 19.5 Å². The number of fused-ring (bicyclic) bond motifs is 1. The molecule has 1 fully saturated rings. The van der Waals surface area contributed by atoms with Crippen LogP contribution in [0, 0.1) is 0 Å². The lowest BCUT2D eigenvalue weighted by Gasteiger charge is -2.36. The maximum absolute atomic E-state index is 13.1. The average molecular weight is 689 g/mol. The fourth-order valence-electron chi connectivity index (χ4n) is 5.95. The van der Waals surface area contributed by atoms with Crippen LogP contribution in [0.2, 0.25) is 18.1 Å². The number of benzene rings is 1. The van der Waals surface area contributed by atoms with E-state index >= 15 is 0 Å². The molecule has 5 rings (SSSR count). The van der Waals surface area contributed by atoms with Crippen LogP contribution in [0.3, 0.4) is 0 Å². The minimum atomic E-state index is -1.92. The number of likely N-dealkylation sites (tertiary alicyclic amines) is 1. The summed E-state index contributed by atoms with van der Waals surface area (Å²) in [5.74, 6) is 1.22. The highest BCUT2D eigenvalue weighted by atomic mass is 32.2.